The zero-order valence-corrected chi connectivity index (χ0v) is 12.2. The largest absolute Gasteiger partial charge is 0.398 e. The molecule has 4 nitrogen and oxygen atoms in total. The number of rotatable bonds is 4. The predicted octanol–water partition coefficient (Wildman–Crippen LogP) is 2.68. The third kappa shape index (κ3) is 3.49. The van der Waals surface area contributed by atoms with Crippen LogP contribution in [-0.2, 0) is 16.6 Å². The van der Waals surface area contributed by atoms with Crippen LogP contribution in [-0.4, -0.2) is 8.42 Å². The maximum Gasteiger partial charge on any atom is 0.244 e. The molecule has 112 valence electrons. The molecule has 0 unspecified atom stereocenters. The van der Waals surface area contributed by atoms with E-state index in [9.17, 15) is 17.2 Å². The van der Waals surface area contributed by atoms with E-state index in [0.717, 1.165) is 12.1 Å². The van der Waals surface area contributed by atoms with E-state index in [1.54, 1.807) is 0 Å². The van der Waals surface area contributed by atoms with Crippen molar-refractivity contribution in [1.29, 1.82) is 0 Å². The first-order chi connectivity index (χ1) is 9.81. The molecule has 0 amide bonds. The van der Waals surface area contributed by atoms with E-state index in [-0.39, 0.29) is 27.7 Å². The molecular formula is C13H11ClF2N2O2S. The summed E-state index contributed by atoms with van der Waals surface area (Å²) in [5, 5.41) is -0.0206. The summed E-state index contributed by atoms with van der Waals surface area (Å²) in [7, 11) is -3.97. The Morgan fingerprint density at radius 1 is 1.14 bits per heavy atom. The topological polar surface area (TPSA) is 72.2 Å². The number of nitrogen functional groups attached to an aromatic ring is 1. The SMILES string of the molecule is Nc1cccc(Cl)c1S(=O)(=O)NCc1ccc(F)c(F)c1. The average Bonchev–Trinajstić information content (AvgIpc) is 2.40. The number of nitrogens with two attached hydrogens (primary N) is 1. The molecule has 0 radical (unpaired) electrons. The molecule has 0 spiro atoms. The highest BCUT2D eigenvalue weighted by Crippen LogP contribution is 2.27. The Bertz CT molecular complexity index is 761. The van der Waals surface area contributed by atoms with Crippen molar-refractivity contribution in [3.8, 4) is 0 Å². The van der Waals surface area contributed by atoms with Crippen molar-refractivity contribution in [2.24, 2.45) is 0 Å². The lowest BCUT2D eigenvalue weighted by Crippen LogP contribution is -2.24. The molecule has 0 atom stereocenters. The standard InChI is InChI=1S/C13H11ClF2N2O2S/c14-9-2-1-3-12(17)13(9)21(19,20)18-7-8-4-5-10(15)11(16)6-8/h1-6,18H,7,17H2. The van der Waals surface area contributed by atoms with Gasteiger partial charge in [-0.1, -0.05) is 23.7 Å². The van der Waals surface area contributed by atoms with Gasteiger partial charge < -0.3 is 5.73 Å². The summed E-state index contributed by atoms with van der Waals surface area (Å²) >= 11 is 5.83. The summed E-state index contributed by atoms with van der Waals surface area (Å²) in [5.74, 6) is -2.05. The van der Waals surface area contributed by atoms with Crippen LogP contribution in [0, 0.1) is 11.6 Å². The lowest BCUT2D eigenvalue weighted by atomic mass is 10.2. The normalized spacial score (nSPS) is 11.6. The number of halogens is 3. The highest BCUT2D eigenvalue weighted by Gasteiger charge is 2.20. The molecule has 0 saturated heterocycles. The van der Waals surface area contributed by atoms with Crippen molar-refractivity contribution < 1.29 is 17.2 Å². The molecule has 0 aliphatic heterocycles. The fourth-order valence-electron chi connectivity index (χ4n) is 1.71. The van der Waals surface area contributed by atoms with Crippen LogP contribution >= 0.6 is 11.6 Å². The van der Waals surface area contributed by atoms with Gasteiger partial charge in [0.05, 0.1) is 10.7 Å². The Balaban J connectivity index is 2.24. The van der Waals surface area contributed by atoms with E-state index < -0.39 is 21.7 Å². The Morgan fingerprint density at radius 2 is 1.86 bits per heavy atom. The van der Waals surface area contributed by atoms with Gasteiger partial charge in [-0.3, -0.25) is 0 Å². The van der Waals surface area contributed by atoms with E-state index in [1.807, 2.05) is 0 Å². The van der Waals surface area contributed by atoms with Crippen molar-refractivity contribution in [3.63, 3.8) is 0 Å². The molecule has 3 N–H and O–H groups in total. The summed E-state index contributed by atoms with van der Waals surface area (Å²) in [5.41, 5.74) is 5.87. The summed E-state index contributed by atoms with van der Waals surface area (Å²) < 4.78 is 52.4. The third-order valence-corrected chi connectivity index (χ3v) is 4.66. The van der Waals surface area contributed by atoms with Gasteiger partial charge in [-0.05, 0) is 29.8 Å². The second-order valence-corrected chi connectivity index (χ2v) is 6.34. The Labute approximate surface area is 125 Å². The van der Waals surface area contributed by atoms with E-state index >= 15 is 0 Å². The monoisotopic (exact) mass is 332 g/mol. The highest BCUT2D eigenvalue weighted by molar-refractivity contribution is 7.89. The van der Waals surface area contributed by atoms with Crippen LogP contribution in [0.5, 0.6) is 0 Å². The van der Waals surface area contributed by atoms with E-state index in [0.29, 0.717) is 0 Å². The van der Waals surface area contributed by atoms with Crippen LogP contribution in [0.4, 0.5) is 14.5 Å². The van der Waals surface area contributed by atoms with E-state index in [4.69, 9.17) is 17.3 Å². The van der Waals surface area contributed by atoms with Crippen LogP contribution < -0.4 is 10.5 Å². The summed E-state index contributed by atoms with van der Waals surface area (Å²) in [4.78, 5) is -0.241. The van der Waals surface area contributed by atoms with Crippen molar-refractivity contribution in [3.05, 3.63) is 58.6 Å². The lowest BCUT2D eigenvalue weighted by molar-refractivity contribution is 0.506. The molecule has 0 saturated carbocycles. The second-order valence-electron chi connectivity index (χ2n) is 4.23. The maximum atomic E-state index is 13.1. The van der Waals surface area contributed by atoms with Crippen molar-refractivity contribution in [1.82, 2.24) is 4.72 Å². The Kier molecular flexibility index (Phi) is 4.46. The van der Waals surface area contributed by atoms with Gasteiger partial charge in [-0.2, -0.15) is 0 Å². The average molecular weight is 333 g/mol. The molecular weight excluding hydrogens is 322 g/mol. The quantitative estimate of drug-likeness (QED) is 0.845. The third-order valence-electron chi connectivity index (χ3n) is 2.72. The van der Waals surface area contributed by atoms with Gasteiger partial charge >= 0.3 is 0 Å². The van der Waals surface area contributed by atoms with Crippen molar-refractivity contribution in [2.45, 2.75) is 11.4 Å². The minimum atomic E-state index is -3.97. The number of sulfonamides is 1. The summed E-state index contributed by atoms with van der Waals surface area (Å²) in [6, 6.07) is 7.42. The molecule has 0 fully saturated rings. The van der Waals surface area contributed by atoms with Gasteiger partial charge in [0.25, 0.3) is 0 Å². The Morgan fingerprint density at radius 3 is 2.48 bits per heavy atom. The molecule has 2 aromatic carbocycles. The molecule has 2 rings (SSSR count). The molecule has 0 aromatic heterocycles. The number of benzene rings is 2. The van der Waals surface area contributed by atoms with Crippen LogP contribution in [0.3, 0.4) is 0 Å². The molecule has 0 aliphatic rings. The van der Waals surface area contributed by atoms with Crippen LogP contribution in [0.15, 0.2) is 41.3 Å². The van der Waals surface area contributed by atoms with Gasteiger partial charge in [0.2, 0.25) is 10.0 Å². The van der Waals surface area contributed by atoms with Gasteiger partial charge in [0.15, 0.2) is 11.6 Å². The first-order valence-electron chi connectivity index (χ1n) is 5.79. The van der Waals surface area contributed by atoms with E-state index in [1.165, 1.54) is 24.3 Å². The minimum absolute atomic E-state index is 0.000265. The highest BCUT2D eigenvalue weighted by atomic mass is 35.5. The van der Waals surface area contributed by atoms with E-state index in [2.05, 4.69) is 4.72 Å². The molecule has 0 aliphatic carbocycles. The van der Waals surface area contributed by atoms with Crippen LogP contribution in [0.25, 0.3) is 0 Å². The number of hydrogen-bond donors (Lipinski definition) is 2. The maximum absolute atomic E-state index is 13.1. The molecule has 0 bridgehead atoms. The smallest absolute Gasteiger partial charge is 0.244 e. The van der Waals surface area contributed by atoms with Crippen molar-refractivity contribution in [2.75, 3.05) is 5.73 Å². The zero-order valence-electron chi connectivity index (χ0n) is 10.6. The van der Waals surface area contributed by atoms with Gasteiger partial charge in [0, 0.05) is 6.54 Å². The number of nitrogens with one attached hydrogen (secondary N) is 1. The Hall–Kier alpha value is -1.70. The van der Waals surface area contributed by atoms with Crippen LogP contribution in [0.2, 0.25) is 5.02 Å². The van der Waals surface area contributed by atoms with Crippen LogP contribution in [0.1, 0.15) is 5.56 Å². The lowest BCUT2D eigenvalue weighted by Gasteiger charge is -2.10. The van der Waals surface area contributed by atoms with Gasteiger partial charge in [0.1, 0.15) is 4.90 Å². The fraction of sp³-hybridized carbons (Fsp3) is 0.0769. The number of anilines is 1. The molecule has 2 aromatic rings. The van der Waals surface area contributed by atoms with Gasteiger partial charge in [-0.15, -0.1) is 0 Å². The zero-order chi connectivity index (χ0) is 15.6. The molecule has 21 heavy (non-hydrogen) atoms. The predicted molar refractivity (Wildman–Crippen MR) is 76.2 cm³/mol. The summed E-state index contributed by atoms with van der Waals surface area (Å²) in [6.45, 7) is -0.218. The summed E-state index contributed by atoms with van der Waals surface area (Å²) in [6.07, 6.45) is 0. The first kappa shape index (κ1) is 15.7. The minimum Gasteiger partial charge on any atom is -0.398 e. The van der Waals surface area contributed by atoms with Gasteiger partial charge in [-0.25, -0.2) is 21.9 Å². The molecule has 0 heterocycles. The second kappa shape index (κ2) is 5.97. The first-order valence-corrected chi connectivity index (χ1v) is 7.65. The number of hydrogen-bond acceptors (Lipinski definition) is 3. The van der Waals surface area contributed by atoms with Crippen molar-refractivity contribution >= 4 is 27.3 Å². The molecule has 8 heteroatoms. The fourth-order valence-corrected chi connectivity index (χ4v) is 3.40.